The van der Waals surface area contributed by atoms with E-state index < -0.39 is 0 Å². The van der Waals surface area contributed by atoms with Gasteiger partial charge in [-0.3, -0.25) is 13.9 Å². The van der Waals surface area contributed by atoms with Gasteiger partial charge in [-0.05, 0) is 6.92 Å². The Kier molecular flexibility index (Phi) is 3.21. The number of imidazole rings is 1. The van der Waals surface area contributed by atoms with E-state index in [9.17, 15) is 4.79 Å². The fraction of sp³-hybridized carbons (Fsp3) is 0.308. The first-order valence-corrected chi connectivity index (χ1v) is 8.92. The average Bonchev–Trinajstić information content (AvgIpc) is 3.04. The van der Waals surface area contributed by atoms with E-state index >= 15 is 0 Å². The summed E-state index contributed by atoms with van der Waals surface area (Å²) in [5.41, 5.74) is 2.78. The fourth-order valence-corrected chi connectivity index (χ4v) is 5.11. The Morgan fingerprint density at radius 3 is 3.14 bits per heavy atom. The molecule has 1 unspecified atom stereocenters. The standard InChI is InChI=1S/C13H12ClN5OS2/c1-6-8-10(9-11(14)16-13-19(9)3-4-21-13)22-5-7(20)15-12(8)18(2)17-6/h3-4,10H,5H2,1-2H3,(H,15,20). The van der Waals surface area contributed by atoms with Crippen molar-refractivity contribution in [3.8, 4) is 0 Å². The predicted molar refractivity (Wildman–Crippen MR) is 89.0 cm³/mol. The van der Waals surface area contributed by atoms with Crippen molar-refractivity contribution in [2.24, 2.45) is 7.05 Å². The lowest BCUT2D eigenvalue weighted by molar-refractivity contribution is -0.113. The van der Waals surface area contributed by atoms with Gasteiger partial charge in [0.15, 0.2) is 10.1 Å². The molecule has 6 nitrogen and oxygen atoms in total. The molecule has 1 N–H and O–H groups in total. The van der Waals surface area contributed by atoms with E-state index in [1.807, 2.05) is 29.9 Å². The molecule has 1 aliphatic heterocycles. The van der Waals surface area contributed by atoms with Gasteiger partial charge in [-0.25, -0.2) is 4.98 Å². The van der Waals surface area contributed by atoms with Gasteiger partial charge in [-0.2, -0.15) is 5.10 Å². The third kappa shape index (κ3) is 1.98. The van der Waals surface area contributed by atoms with Crippen LogP contribution in [0.2, 0.25) is 5.15 Å². The van der Waals surface area contributed by atoms with Crippen LogP contribution >= 0.6 is 34.7 Å². The van der Waals surface area contributed by atoms with Gasteiger partial charge in [0.25, 0.3) is 0 Å². The van der Waals surface area contributed by atoms with E-state index in [-0.39, 0.29) is 11.2 Å². The van der Waals surface area contributed by atoms with Gasteiger partial charge in [0, 0.05) is 24.2 Å². The quantitative estimate of drug-likeness (QED) is 0.730. The molecule has 1 aliphatic rings. The second-order valence-electron chi connectivity index (χ2n) is 5.05. The van der Waals surface area contributed by atoms with Crippen molar-refractivity contribution in [1.29, 1.82) is 0 Å². The monoisotopic (exact) mass is 353 g/mol. The van der Waals surface area contributed by atoms with Crippen molar-refractivity contribution in [1.82, 2.24) is 19.2 Å². The van der Waals surface area contributed by atoms with Crippen molar-refractivity contribution in [3.63, 3.8) is 0 Å². The van der Waals surface area contributed by atoms with E-state index in [2.05, 4.69) is 15.4 Å². The predicted octanol–water partition coefficient (Wildman–Crippen LogP) is 2.87. The summed E-state index contributed by atoms with van der Waals surface area (Å²) >= 11 is 9.47. The van der Waals surface area contributed by atoms with E-state index in [1.165, 1.54) is 11.3 Å². The number of amides is 1. The minimum absolute atomic E-state index is 0.0287. The van der Waals surface area contributed by atoms with Crippen molar-refractivity contribution < 1.29 is 4.79 Å². The summed E-state index contributed by atoms with van der Waals surface area (Å²) in [5, 5.41) is 9.75. The molecule has 0 bridgehead atoms. The smallest absolute Gasteiger partial charge is 0.235 e. The number of thioether (sulfide) groups is 1. The molecule has 9 heteroatoms. The molecule has 0 spiro atoms. The maximum Gasteiger partial charge on any atom is 0.235 e. The molecular weight excluding hydrogens is 342 g/mol. The molecule has 0 aromatic carbocycles. The largest absolute Gasteiger partial charge is 0.310 e. The topological polar surface area (TPSA) is 64.2 Å². The lowest BCUT2D eigenvalue weighted by Gasteiger charge is -2.14. The Morgan fingerprint density at radius 2 is 2.32 bits per heavy atom. The highest BCUT2D eigenvalue weighted by Gasteiger charge is 2.33. The summed E-state index contributed by atoms with van der Waals surface area (Å²) < 4.78 is 3.71. The molecular formula is C13H12ClN5OS2. The Bertz CT molecular complexity index is 896. The summed E-state index contributed by atoms with van der Waals surface area (Å²) in [6.45, 7) is 1.95. The lowest BCUT2D eigenvalue weighted by Crippen LogP contribution is -2.15. The second-order valence-corrected chi connectivity index (χ2v) is 7.38. The molecule has 1 atom stereocenters. The third-order valence-corrected chi connectivity index (χ3v) is 5.93. The van der Waals surface area contributed by atoms with Crippen molar-refractivity contribution in [2.75, 3.05) is 11.1 Å². The van der Waals surface area contributed by atoms with Crippen molar-refractivity contribution >= 4 is 51.4 Å². The number of nitrogens with zero attached hydrogens (tertiary/aromatic N) is 4. The van der Waals surface area contributed by atoms with Crippen LogP contribution < -0.4 is 5.32 Å². The van der Waals surface area contributed by atoms with Crippen molar-refractivity contribution in [3.05, 3.63) is 33.7 Å². The van der Waals surface area contributed by atoms with Crippen molar-refractivity contribution in [2.45, 2.75) is 12.2 Å². The molecule has 0 fully saturated rings. The van der Waals surface area contributed by atoms with Gasteiger partial charge in [-0.15, -0.1) is 23.1 Å². The number of aromatic nitrogens is 4. The molecule has 0 saturated carbocycles. The zero-order valence-electron chi connectivity index (χ0n) is 11.8. The third-order valence-electron chi connectivity index (χ3n) is 3.67. The number of hydrogen-bond donors (Lipinski definition) is 1. The Morgan fingerprint density at radius 1 is 1.50 bits per heavy atom. The van der Waals surface area contributed by atoms with Gasteiger partial charge in [0.2, 0.25) is 5.91 Å². The number of fused-ring (bicyclic) bond motifs is 2. The number of rotatable bonds is 1. The summed E-state index contributed by atoms with van der Waals surface area (Å²) in [7, 11) is 1.83. The minimum atomic E-state index is -0.0836. The van der Waals surface area contributed by atoms with Crippen LogP contribution in [-0.2, 0) is 11.8 Å². The molecule has 3 aromatic rings. The molecule has 4 rings (SSSR count). The number of halogens is 1. The van der Waals surface area contributed by atoms with Crippen LogP contribution in [0.3, 0.4) is 0 Å². The normalized spacial score (nSPS) is 18.3. The molecule has 4 heterocycles. The number of anilines is 1. The van der Waals surface area contributed by atoms with Crippen LogP contribution in [0.4, 0.5) is 5.82 Å². The number of carbonyl (C=O) groups is 1. The van der Waals surface area contributed by atoms with Gasteiger partial charge in [0.05, 0.1) is 22.4 Å². The molecule has 22 heavy (non-hydrogen) atoms. The zero-order valence-corrected chi connectivity index (χ0v) is 14.2. The maximum atomic E-state index is 12.0. The van der Waals surface area contributed by atoms with Crippen LogP contribution in [0, 0.1) is 6.92 Å². The second kappa shape index (κ2) is 5.00. The van der Waals surface area contributed by atoms with Crippen LogP contribution in [0.5, 0.6) is 0 Å². The molecule has 0 saturated heterocycles. The number of nitrogens with one attached hydrogen (secondary N) is 1. The average molecular weight is 354 g/mol. The first-order chi connectivity index (χ1) is 10.6. The van der Waals surface area contributed by atoms with Gasteiger partial charge >= 0.3 is 0 Å². The van der Waals surface area contributed by atoms with Gasteiger partial charge in [-0.1, -0.05) is 11.6 Å². The van der Waals surface area contributed by atoms with E-state index in [4.69, 9.17) is 11.6 Å². The highest BCUT2D eigenvalue weighted by Crippen LogP contribution is 2.45. The van der Waals surface area contributed by atoms with E-state index in [0.29, 0.717) is 10.9 Å². The minimum Gasteiger partial charge on any atom is -0.310 e. The fourth-order valence-electron chi connectivity index (χ4n) is 2.77. The van der Waals surface area contributed by atoms with Crippen LogP contribution in [0.25, 0.3) is 4.96 Å². The van der Waals surface area contributed by atoms with Crippen LogP contribution in [0.1, 0.15) is 22.2 Å². The first-order valence-electron chi connectivity index (χ1n) is 6.62. The number of thiazole rings is 1. The lowest BCUT2D eigenvalue weighted by atomic mass is 10.1. The molecule has 0 radical (unpaired) electrons. The Labute approximate surface area is 139 Å². The van der Waals surface area contributed by atoms with E-state index in [1.54, 1.807) is 16.4 Å². The maximum absolute atomic E-state index is 12.0. The van der Waals surface area contributed by atoms with E-state index in [0.717, 1.165) is 27.7 Å². The summed E-state index contributed by atoms with van der Waals surface area (Å²) in [5.74, 6) is 1.07. The molecule has 3 aromatic heterocycles. The number of carbonyl (C=O) groups excluding carboxylic acids is 1. The molecule has 1 amide bonds. The Hall–Kier alpha value is -1.51. The number of aryl methyl sites for hydroxylation is 2. The van der Waals surface area contributed by atoms with Gasteiger partial charge in [0.1, 0.15) is 5.82 Å². The summed E-state index contributed by atoms with van der Waals surface area (Å²) in [4.78, 5) is 17.3. The summed E-state index contributed by atoms with van der Waals surface area (Å²) in [6.07, 6.45) is 1.96. The highest BCUT2D eigenvalue weighted by molar-refractivity contribution is 8.00. The van der Waals surface area contributed by atoms with Crippen LogP contribution in [0.15, 0.2) is 11.6 Å². The Balaban J connectivity index is 1.97. The summed E-state index contributed by atoms with van der Waals surface area (Å²) in [6, 6.07) is 0. The zero-order chi connectivity index (χ0) is 15.4. The molecule has 114 valence electrons. The number of hydrogen-bond acceptors (Lipinski definition) is 5. The first kappa shape index (κ1) is 14.1. The van der Waals surface area contributed by atoms with Gasteiger partial charge < -0.3 is 5.32 Å². The SMILES string of the molecule is Cc1nn(C)c2c1C(c1c(Cl)nc3sccn13)SCC(=O)N2. The molecule has 0 aliphatic carbocycles. The van der Waals surface area contributed by atoms with Crippen LogP contribution in [-0.4, -0.2) is 30.8 Å². The highest BCUT2D eigenvalue weighted by atomic mass is 35.5.